The van der Waals surface area contributed by atoms with Crippen molar-refractivity contribution in [1.82, 2.24) is 25.1 Å². The number of halogens is 1. The summed E-state index contributed by atoms with van der Waals surface area (Å²) < 4.78 is 1.98. The maximum Gasteiger partial charge on any atom is 0.256 e. The van der Waals surface area contributed by atoms with Crippen LogP contribution in [0.5, 0.6) is 0 Å². The highest BCUT2D eigenvalue weighted by Gasteiger charge is 2.49. The molecular formula is C44H43ClN6O. The second-order valence-corrected chi connectivity index (χ2v) is 13.7. The van der Waals surface area contributed by atoms with Crippen LogP contribution in [0.25, 0.3) is 22.5 Å². The second-order valence-electron chi connectivity index (χ2n) is 13.7. The number of tetrazole rings is 1. The van der Waals surface area contributed by atoms with Crippen molar-refractivity contribution in [3.05, 3.63) is 162 Å². The molecule has 52 heavy (non-hydrogen) atoms. The van der Waals surface area contributed by atoms with Gasteiger partial charge >= 0.3 is 0 Å². The van der Waals surface area contributed by atoms with Crippen molar-refractivity contribution in [3.63, 3.8) is 0 Å². The molecule has 1 aliphatic heterocycles. The maximum atomic E-state index is 13.8. The summed E-state index contributed by atoms with van der Waals surface area (Å²) in [6.45, 7) is 2.73. The maximum absolute atomic E-state index is 13.8. The summed E-state index contributed by atoms with van der Waals surface area (Å²) in [5, 5.41) is 13.8. The number of hydrogen-bond donors (Lipinski definition) is 0. The summed E-state index contributed by atoms with van der Waals surface area (Å²) in [6.07, 6.45) is 6.85. The van der Waals surface area contributed by atoms with Gasteiger partial charge in [-0.2, -0.15) is 0 Å². The Kier molecular flexibility index (Phi) is 10.1. The fourth-order valence-electron chi connectivity index (χ4n) is 8.09. The molecule has 8 heteroatoms. The van der Waals surface area contributed by atoms with E-state index in [0.717, 1.165) is 89.7 Å². The fraction of sp³-hybridized carbons (Fsp3) is 0.250. The standard InChI is InChI=1S/C44H42N6O.ClH/c1-2-3-25-40-45-43(30-15-16-31-43)42(51)49(40)32-33-26-28-34(29-27-33)38-23-13-14-24-39(38)41-46-47-48-50(41)44(35-17-7-4-8-18-35,36-19-9-5-10-20-36)37-21-11-6-12-22-37;/h4-14,17-24,26-29H,2-3,15-16,25,30-32H2,1H3;1H. The van der Waals surface area contributed by atoms with E-state index in [9.17, 15) is 4.79 Å². The topological polar surface area (TPSA) is 76.3 Å². The van der Waals surface area contributed by atoms with E-state index in [2.05, 4.69) is 127 Å². The third-order valence-electron chi connectivity index (χ3n) is 10.6. The molecule has 0 saturated heterocycles. The van der Waals surface area contributed by atoms with Crippen LogP contribution in [-0.2, 0) is 16.9 Å². The highest BCUT2D eigenvalue weighted by Crippen LogP contribution is 2.44. The Bertz CT molecular complexity index is 2050. The molecule has 1 spiro atoms. The van der Waals surface area contributed by atoms with E-state index in [0.29, 0.717) is 12.4 Å². The zero-order chi connectivity index (χ0) is 34.7. The number of rotatable bonds is 11. The summed E-state index contributed by atoms with van der Waals surface area (Å²) in [6, 6.07) is 48.3. The molecule has 2 heterocycles. The molecule has 5 aromatic carbocycles. The van der Waals surface area contributed by atoms with Crippen LogP contribution in [0.2, 0.25) is 0 Å². The van der Waals surface area contributed by atoms with Crippen LogP contribution in [-0.4, -0.2) is 42.4 Å². The number of carbonyl (C=O) groups excluding carboxylic acids is 1. The van der Waals surface area contributed by atoms with Crippen LogP contribution in [0.3, 0.4) is 0 Å². The zero-order valence-corrected chi connectivity index (χ0v) is 30.3. The summed E-state index contributed by atoms with van der Waals surface area (Å²) in [7, 11) is 0. The molecule has 262 valence electrons. The lowest BCUT2D eigenvalue weighted by Crippen LogP contribution is -2.40. The summed E-state index contributed by atoms with van der Waals surface area (Å²) in [5.74, 6) is 1.81. The number of unbranched alkanes of at least 4 members (excludes halogenated alkanes) is 1. The third-order valence-corrected chi connectivity index (χ3v) is 10.6. The molecule has 0 N–H and O–H groups in total. The van der Waals surface area contributed by atoms with E-state index in [4.69, 9.17) is 15.3 Å². The van der Waals surface area contributed by atoms with Gasteiger partial charge in [0.2, 0.25) is 0 Å². The number of amides is 1. The number of carbonyl (C=O) groups is 1. The van der Waals surface area contributed by atoms with Crippen molar-refractivity contribution in [1.29, 1.82) is 0 Å². The molecular weight excluding hydrogens is 664 g/mol. The first-order valence-electron chi connectivity index (χ1n) is 18.2. The van der Waals surface area contributed by atoms with Gasteiger partial charge in [0.05, 0.1) is 6.54 Å². The van der Waals surface area contributed by atoms with Gasteiger partial charge in [-0.1, -0.05) is 166 Å². The Labute approximate surface area is 311 Å². The highest BCUT2D eigenvalue weighted by molar-refractivity contribution is 6.08. The van der Waals surface area contributed by atoms with Crippen molar-refractivity contribution in [2.75, 3.05) is 0 Å². The highest BCUT2D eigenvalue weighted by atomic mass is 35.5. The first kappa shape index (κ1) is 35.0. The molecule has 2 aliphatic rings. The van der Waals surface area contributed by atoms with E-state index in [1.807, 2.05) is 33.8 Å². The smallest absolute Gasteiger partial charge is 0.256 e. The van der Waals surface area contributed by atoms with Gasteiger partial charge < -0.3 is 0 Å². The second kappa shape index (κ2) is 15.1. The molecule has 1 aliphatic carbocycles. The van der Waals surface area contributed by atoms with E-state index >= 15 is 0 Å². The van der Waals surface area contributed by atoms with E-state index < -0.39 is 11.1 Å². The lowest BCUT2D eigenvalue weighted by molar-refractivity contribution is -0.131. The number of benzene rings is 5. The lowest BCUT2D eigenvalue weighted by atomic mass is 9.77. The van der Waals surface area contributed by atoms with Crippen LogP contribution < -0.4 is 0 Å². The Morgan fingerprint density at radius 1 is 0.692 bits per heavy atom. The minimum Gasteiger partial charge on any atom is -0.294 e. The molecule has 6 aromatic rings. The average Bonchev–Trinajstić information content (AvgIpc) is 3.94. The summed E-state index contributed by atoms with van der Waals surface area (Å²) >= 11 is 0. The molecule has 0 bridgehead atoms. The van der Waals surface area contributed by atoms with Gasteiger partial charge in [-0.05, 0) is 63.1 Å². The zero-order valence-electron chi connectivity index (χ0n) is 29.4. The molecule has 8 rings (SSSR count). The molecule has 1 amide bonds. The minimum absolute atomic E-state index is 0. The number of aromatic nitrogens is 4. The molecule has 0 radical (unpaired) electrons. The van der Waals surface area contributed by atoms with E-state index in [1.54, 1.807) is 0 Å². The van der Waals surface area contributed by atoms with Crippen LogP contribution >= 0.6 is 12.4 Å². The van der Waals surface area contributed by atoms with Crippen LogP contribution in [0, 0.1) is 0 Å². The van der Waals surface area contributed by atoms with Crippen LogP contribution in [0.1, 0.15) is 74.1 Å². The predicted octanol–water partition coefficient (Wildman–Crippen LogP) is 9.51. The number of hydrogen-bond acceptors (Lipinski definition) is 5. The fourth-order valence-corrected chi connectivity index (χ4v) is 8.09. The molecule has 1 fully saturated rings. The van der Waals surface area contributed by atoms with Crippen molar-refractivity contribution in [3.8, 4) is 22.5 Å². The van der Waals surface area contributed by atoms with Crippen LogP contribution in [0.15, 0.2) is 145 Å². The Morgan fingerprint density at radius 2 is 1.23 bits per heavy atom. The quantitative estimate of drug-likeness (QED) is 0.126. The molecule has 1 saturated carbocycles. The number of amidine groups is 1. The summed E-state index contributed by atoms with van der Waals surface area (Å²) in [5.41, 5.74) is 5.86. The van der Waals surface area contributed by atoms with Gasteiger partial charge in [-0.3, -0.25) is 14.7 Å². The summed E-state index contributed by atoms with van der Waals surface area (Å²) in [4.78, 5) is 20.8. The van der Waals surface area contributed by atoms with Crippen molar-refractivity contribution >= 4 is 24.1 Å². The minimum atomic E-state index is -0.852. The Morgan fingerprint density at radius 3 is 1.79 bits per heavy atom. The van der Waals surface area contributed by atoms with Crippen molar-refractivity contribution in [2.24, 2.45) is 4.99 Å². The van der Waals surface area contributed by atoms with Gasteiger partial charge in [-0.25, -0.2) is 4.68 Å². The van der Waals surface area contributed by atoms with E-state index in [1.165, 1.54) is 0 Å². The third kappa shape index (κ3) is 6.13. The van der Waals surface area contributed by atoms with Crippen LogP contribution in [0.4, 0.5) is 0 Å². The molecule has 0 unspecified atom stereocenters. The van der Waals surface area contributed by atoms with E-state index in [-0.39, 0.29) is 18.3 Å². The Balaban J connectivity index is 0.00000420. The number of aliphatic imine (C=N–C) groups is 1. The first-order chi connectivity index (χ1) is 25.1. The number of nitrogens with zero attached hydrogens (tertiary/aromatic N) is 6. The largest absolute Gasteiger partial charge is 0.294 e. The van der Waals surface area contributed by atoms with Gasteiger partial charge in [0.25, 0.3) is 5.91 Å². The first-order valence-corrected chi connectivity index (χ1v) is 18.2. The lowest BCUT2D eigenvalue weighted by Gasteiger charge is -2.36. The van der Waals surface area contributed by atoms with Crippen molar-refractivity contribution < 1.29 is 4.79 Å². The van der Waals surface area contributed by atoms with Gasteiger partial charge in [0, 0.05) is 12.0 Å². The monoisotopic (exact) mass is 706 g/mol. The molecule has 1 aromatic heterocycles. The SMILES string of the molecule is CCCCC1=NC2(CCCC2)C(=O)N1Cc1ccc(-c2ccccc2-c2nnnn2C(c2ccccc2)(c2ccccc2)c2ccccc2)cc1.Cl. The predicted molar refractivity (Wildman–Crippen MR) is 209 cm³/mol. The Hall–Kier alpha value is -5.40. The van der Waals surface area contributed by atoms with Gasteiger partial charge in [-0.15, -0.1) is 17.5 Å². The van der Waals surface area contributed by atoms with Crippen molar-refractivity contribution in [2.45, 2.75) is 69.5 Å². The normalized spacial score (nSPS) is 15.1. The van der Waals surface area contributed by atoms with Gasteiger partial charge in [0.15, 0.2) is 5.82 Å². The molecule has 7 nitrogen and oxygen atoms in total. The van der Waals surface area contributed by atoms with Gasteiger partial charge in [0.1, 0.15) is 16.9 Å². The molecule has 0 atom stereocenters. The average molecular weight is 707 g/mol.